The average molecular weight is 521 g/mol. The van der Waals surface area contributed by atoms with Gasteiger partial charge in [0.2, 0.25) is 0 Å². The molecule has 0 amide bonds. The highest BCUT2D eigenvalue weighted by molar-refractivity contribution is 9.10. The van der Waals surface area contributed by atoms with Gasteiger partial charge in [0.1, 0.15) is 11.4 Å². The molecule has 0 saturated heterocycles. The molecule has 0 spiro atoms. The van der Waals surface area contributed by atoms with Gasteiger partial charge in [0, 0.05) is 16.4 Å². The summed E-state index contributed by atoms with van der Waals surface area (Å²) in [6, 6.07) is 20.3. The highest BCUT2D eigenvalue weighted by Crippen LogP contribution is 2.40. The highest BCUT2D eigenvalue weighted by atomic mass is 79.9. The van der Waals surface area contributed by atoms with E-state index in [9.17, 15) is 20.2 Å². The fraction of sp³-hybridized carbons (Fsp3) is 0. The summed E-state index contributed by atoms with van der Waals surface area (Å²) in [5.74, 6) is 0. The maximum absolute atomic E-state index is 11.8. The van der Waals surface area contributed by atoms with E-state index < -0.39 is 21.2 Å². The lowest BCUT2D eigenvalue weighted by Crippen LogP contribution is -2.04. The third-order valence-electron chi connectivity index (χ3n) is 4.77. The number of halogens is 1. The minimum absolute atomic E-state index is 0.0875. The van der Waals surface area contributed by atoms with E-state index in [-0.39, 0.29) is 11.4 Å². The predicted molar refractivity (Wildman–Crippen MR) is 134 cm³/mol. The van der Waals surface area contributed by atoms with Gasteiger partial charge in [-0.25, -0.2) is 0 Å². The molecule has 170 valence electrons. The summed E-state index contributed by atoms with van der Waals surface area (Å²) >= 11 is 3.40. The molecule has 4 aromatic rings. The molecular formula is C23H17BrN6O4. The van der Waals surface area contributed by atoms with Gasteiger partial charge in [-0.1, -0.05) is 28.1 Å². The molecule has 0 saturated carbocycles. The zero-order chi connectivity index (χ0) is 24.1. The molecule has 34 heavy (non-hydrogen) atoms. The summed E-state index contributed by atoms with van der Waals surface area (Å²) in [6.07, 6.45) is 3.06. The minimum Gasteiger partial charge on any atom is -0.354 e. The summed E-state index contributed by atoms with van der Waals surface area (Å²) in [4.78, 5) is 26.0. The van der Waals surface area contributed by atoms with Crippen molar-refractivity contribution in [3.05, 3.63) is 110 Å². The fourth-order valence-corrected chi connectivity index (χ4v) is 3.47. The number of aromatic nitrogens is 1. The van der Waals surface area contributed by atoms with Crippen LogP contribution in [0.25, 0.3) is 0 Å². The average Bonchev–Trinajstić information content (AvgIpc) is 2.82. The Kier molecular flexibility index (Phi) is 6.64. The number of nitro benzene ring substituents is 2. The van der Waals surface area contributed by atoms with Gasteiger partial charge < -0.3 is 16.0 Å². The molecule has 4 rings (SSSR count). The first-order valence-electron chi connectivity index (χ1n) is 9.93. The van der Waals surface area contributed by atoms with E-state index >= 15 is 0 Å². The van der Waals surface area contributed by atoms with Gasteiger partial charge in [0.05, 0.1) is 39.2 Å². The molecule has 3 N–H and O–H groups in total. The van der Waals surface area contributed by atoms with Crippen molar-refractivity contribution in [1.82, 2.24) is 4.98 Å². The molecule has 3 aromatic carbocycles. The zero-order valence-corrected chi connectivity index (χ0v) is 19.0. The van der Waals surface area contributed by atoms with Crippen molar-refractivity contribution in [3.8, 4) is 0 Å². The number of pyridine rings is 1. The number of rotatable bonds is 8. The Hall–Kier alpha value is -4.51. The lowest BCUT2D eigenvalue weighted by molar-refractivity contribution is -0.393. The Morgan fingerprint density at radius 2 is 1.26 bits per heavy atom. The predicted octanol–water partition coefficient (Wildman–Crippen LogP) is 6.89. The van der Waals surface area contributed by atoms with Gasteiger partial charge in [0.25, 0.3) is 11.4 Å². The van der Waals surface area contributed by atoms with Crippen molar-refractivity contribution in [1.29, 1.82) is 0 Å². The van der Waals surface area contributed by atoms with Crippen LogP contribution in [0.5, 0.6) is 0 Å². The van der Waals surface area contributed by atoms with Crippen molar-refractivity contribution < 1.29 is 9.85 Å². The van der Waals surface area contributed by atoms with Crippen LogP contribution in [-0.2, 0) is 0 Å². The van der Waals surface area contributed by atoms with Crippen molar-refractivity contribution in [3.63, 3.8) is 0 Å². The summed E-state index contributed by atoms with van der Waals surface area (Å²) in [5.41, 5.74) is 1.85. The topological polar surface area (TPSA) is 135 Å². The fourth-order valence-electron chi connectivity index (χ4n) is 3.21. The first-order valence-corrected chi connectivity index (χ1v) is 10.7. The van der Waals surface area contributed by atoms with Crippen molar-refractivity contribution in [2.24, 2.45) is 0 Å². The molecule has 11 heteroatoms. The maximum Gasteiger partial charge on any atom is 0.299 e. The molecule has 0 unspecified atom stereocenters. The largest absolute Gasteiger partial charge is 0.354 e. The number of para-hydroxylation sites is 2. The molecule has 0 bridgehead atoms. The number of hydrogen-bond acceptors (Lipinski definition) is 8. The highest BCUT2D eigenvalue weighted by Gasteiger charge is 2.25. The second-order valence-corrected chi connectivity index (χ2v) is 7.99. The van der Waals surface area contributed by atoms with Crippen LogP contribution in [0.4, 0.5) is 45.5 Å². The van der Waals surface area contributed by atoms with Crippen LogP contribution < -0.4 is 16.0 Å². The second-order valence-electron chi connectivity index (χ2n) is 7.07. The number of nitrogens with one attached hydrogen (secondary N) is 3. The van der Waals surface area contributed by atoms with Gasteiger partial charge in [-0.05, 0) is 54.6 Å². The second kappa shape index (κ2) is 9.96. The Balaban J connectivity index is 1.74. The van der Waals surface area contributed by atoms with E-state index in [1.807, 2.05) is 36.4 Å². The van der Waals surface area contributed by atoms with E-state index in [2.05, 4.69) is 36.9 Å². The van der Waals surface area contributed by atoms with E-state index in [4.69, 9.17) is 0 Å². The summed E-state index contributed by atoms with van der Waals surface area (Å²) in [6.45, 7) is 0. The van der Waals surface area contributed by atoms with Gasteiger partial charge >= 0.3 is 0 Å². The standard InChI is InChI=1S/C23H17BrN6O4/c24-15-7-9-16(10-8-15)26-18-5-1-2-6-19(18)28-21-12-20(27-17-4-3-11-25-14-17)22(29(31)32)13-23(21)30(33)34/h1-14,26-28H. The van der Waals surface area contributed by atoms with Crippen LogP contribution in [-0.4, -0.2) is 14.8 Å². The monoisotopic (exact) mass is 520 g/mol. The van der Waals surface area contributed by atoms with Crippen molar-refractivity contribution >= 4 is 61.4 Å². The molecule has 10 nitrogen and oxygen atoms in total. The van der Waals surface area contributed by atoms with Crippen LogP contribution >= 0.6 is 15.9 Å². The normalized spacial score (nSPS) is 10.4. The van der Waals surface area contributed by atoms with Gasteiger partial charge in [-0.3, -0.25) is 25.2 Å². The quantitative estimate of drug-likeness (QED) is 0.168. The lowest BCUT2D eigenvalue weighted by atomic mass is 10.1. The SMILES string of the molecule is O=[N+]([O-])c1cc([N+](=O)[O-])c(Nc2ccccc2Nc2ccc(Br)cc2)cc1Nc1cccnc1. The van der Waals surface area contributed by atoms with E-state index in [0.29, 0.717) is 17.1 Å². The number of hydrogen-bond donors (Lipinski definition) is 3. The van der Waals surface area contributed by atoms with E-state index in [1.165, 1.54) is 12.3 Å². The third kappa shape index (κ3) is 5.27. The molecule has 0 radical (unpaired) electrons. The van der Waals surface area contributed by atoms with E-state index in [1.54, 1.807) is 30.5 Å². The molecule has 0 aliphatic heterocycles. The Labute approximate surface area is 202 Å². The molecule has 0 atom stereocenters. The van der Waals surface area contributed by atoms with Gasteiger partial charge in [0.15, 0.2) is 0 Å². The number of benzene rings is 3. The first kappa shape index (κ1) is 22.7. The molecule has 1 aromatic heterocycles. The minimum atomic E-state index is -0.668. The first-order chi connectivity index (χ1) is 16.4. The Morgan fingerprint density at radius 1 is 0.676 bits per heavy atom. The number of nitrogens with zero attached hydrogens (tertiary/aromatic N) is 3. The molecule has 0 aliphatic carbocycles. The number of nitro groups is 2. The summed E-state index contributed by atoms with van der Waals surface area (Å²) < 4.78 is 0.930. The Morgan fingerprint density at radius 3 is 1.85 bits per heavy atom. The van der Waals surface area contributed by atoms with Gasteiger partial charge in [-0.2, -0.15) is 0 Å². The van der Waals surface area contributed by atoms with Gasteiger partial charge in [-0.15, -0.1) is 0 Å². The van der Waals surface area contributed by atoms with Crippen LogP contribution in [0.2, 0.25) is 0 Å². The van der Waals surface area contributed by atoms with Crippen LogP contribution in [0.1, 0.15) is 0 Å². The number of anilines is 6. The lowest BCUT2D eigenvalue weighted by Gasteiger charge is -2.15. The maximum atomic E-state index is 11.8. The van der Waals surface area contributed by atoms with Crippen LogP contribution in [0.3, 0.4) is 0 Å². The third-order valence-corrected chi connectivity index (χ3v) is 5.30. The molecular weight excluding hydrogens is 504 g/mol. The van der Waals surface area contributed by atoms with Crippen LogP contribution in [0.15, 0.2) is 89.7 Å². The zero-order valence-electron chi connectivity index (χ0n) is 17.4. The smallest absolute Gasteiger partial charge is 0.299 e. The van der Waals surface area contributed by atoms with E-state index in [0.717, 1.165) is 16.2 Å². The van der Waals surface area contributed by atoms with Crippen molar-refractivity contribution in [2.75, 3.05) is 16.0 Å². The molecule has 0 fully saturated rings. The summed E-state index contributed by atoms with van der Waals surface area (Å²) in [7, 11) is 0. The molecule has 1 heterocycles. The van der Waals surface area contributed by atoms with Crippen LogP contribution in [0, 0.1) is 20.2 Å². The molecule has 0 aliphatic rings. The Bertz CT molecular complexity index is 1350. The summed E-state index contributed by atoms with van der Waals surface area (Å²) in [5, 5.41) is 32.6. The van der Waals surface area contributed by atoms with Crippen molar-refractivity contribution in [2.45, 2.75) is 0 Å².